The first-order valence-corrected chi connectivity index (χ1v) is 6.42. The normalized spacial score (nSPS) is 17.6. The first-order chi connectivity index (χ1) is 9.76. The number of piperidine rings is 1. The Morgan fingerprint density at radius 2 is 1.71 bits per heavy atom. The van der Waals surface area contributed by atoms with Crippen molar-refractivity contribution in [3.05, 3.63) is 35.1 Å². The van der Waals surface area contributed by atoms with Crippen molar-refractivity contribution < 1.29 is 27.9 Å². The Hall–Kier alpha value is -2.05. The number of amides is 1. The first-order valence-electron chi connectivity index (χ1n) is 6.42. The maximum absolute atomic E-state index is 13.6. The van der Waals surface area contributed by atoms with Crippen LogP contribution in [0.5, 0.6) is 0 Å². The molecule has 0 bridgehead atoms. The van der Waals surface area contributed by atoms with Crippen LogP contribution in [0.1, 0.15) is 30.1 Å². The lowest BCUT2D eigenvalue weighted by Crippen LogP contribution is -2.45. The van der Waals surface area contributed by atoms with Crippen LogP contribution in [-0.4, -0.2) is 35.0 Å². The average molecular weight is 301 g/mol. The molecule has 0 aromatic heterocycles. The van der Waals surface area contributed by atoms with Crippen molar-refractivity contribution in [1.29, 1.82) is 0 Å². The Morgan fingerprint density at radius 3 is 2.24 bits per heavy atom. The number of halogens is 3. The Labute approximate surface area is 119 Å². The molecule has 0 atom stereocenters. The molecule has 1 aliphatic heterocycles. The summed E-state index contributed by atoms with van der Waals surface area (Å²) in [5.74, 6) is -6.28. The average Bonchev–Trinajstić information content (AvgIpc) is 2.45. The lowest BCUT2D eigenvalue weighted by molar-refractivity contribution is -0.150. The molecule has 4 nitrogen and oxygen atoms in total. The van der Waals surface area contributed by atoms with Gasteiger partial charge < -0.3 is 10.0 Å². The summed E-state index contributed by atoms with van der Waals surface area (Å²) in [6, 6.07) is 1.58. The summed E-state index contributed by atoms with van der Waals surface area (Å²) in [4.78, 5) is 24.5. The van der Waals surface area contributed by atoms with Crippen LogP contribution in [0.15, 0.2) is 12.1 Å². The SMILES string of the molecule is CC1(C(=O)O)CCN(C(=O)c2ccc(F)c(F)c2F)CC1. The molecule has 0 radical (unpaired) electrons. The van der Waals surface area contributed by atoms with Gasteiger partial charge in [-0.25, -0.2) is 13.2 Å². The van der Waals surface area contributed by atoms with Crippen molar-refractivity contribution in [3.8, 4) is 0 Å². The van der Waals surface area contributed by atoms with E-state index in [1.54, 1.807) is 6.92 Å². The van der Waals surface area contributed by atoms with Crippen LogP contribution >= 0.6 is 0 Å². The van der Waals surface area contributed by atoms with Crippen LogP contribution in [-0.2, 0) is 4.79 Å². The molecule has 1 amide bonds. The van der Waals surface area contributed by atoms with E-state index in [1.807, 2.05) is 0 Å². The van der Waals surface area contributed by atoms with Gasteiger partial charge in [0.25, 0.3) is 5.91 Å². The van der Waals surface area contributed by atoms with E-state index >= 15 is 0 Å². The van der Waals surface area contributed by atoms with Gasteiger partial charge in [-0.05, 0) is 31.9 Å². The molecule has 1 N–H and O–H groups in total. The number of carbonyl (C=O) groups is 2. The summed E-state index contributed by atoms with van der Waals surface area (Å²) < 4.78 is 39.6. The van der Waals surface area contributed by atoms with Crippen LogP contribution in [0.4, 0.5) is 13.2 Å². The molecule has 114 valence electrons. The summed E-state index contributed by atoms with van der Waals surface area (Å²) in [6.45, 7) is 1.83. The van der Waals surface area contributed by atoms with E-state index in [-0.39, 0.29) is 25.9 Å². The van der Waals surface area contributed by atoms with Crippen LogP contribution in [0, 0.1) is 22.9 Å². The van der Waals surface area contributed by atoms with E-state index in [4.69, 9.17) is 5.11 Å². The summed E-state index contributed by atoms with van der Waals surface area (Å²) in [5, 5.41) is 9.10. The number of nitrogens with zero attached hydrogens (tertiary/aromatic N) is 1. The molecule has 1 heterocycles. The van der Waals surface area contributed by atoms with Crippen molar-refractivity contribution >= 4 is 11.9 Å². The third kappa shape index (κ3) is 2.72. The topological polar surface area (TPSA) is 57.6 Å². The molecule has 1 aromatic carbocycles. The molecule has 1 aromatic rings. The second-order valence-corrected chi connectivity index (χ2v) is 5.38. The van der Waals surface area contributed by atoms with Gasteiger partial charge in [-0.15, -0.1) is 0 Å². The van der Waals surface area contributed by atoms with Crippen LogP contribution < -0.4 is 0 Å². The van der Waals surface area contributed by atoms with Gasteiger partial charge in [0.1, 0.15) is 0 Å². The van der Waals surface area contributed by atoms with E-state index in [0.29, 0.717) is 6.07 Å². The standard InChI is InChI=1S/C14H14F3NO3/c1-14(13(20)21)4-6-18(7-5-14)12(19)8-2-3-9(15)11(17)10(8)16/h2-3H,4-7H2,1H3,(H,20,21). The minimum Gasteiger partial charge on any atom is -0.481 e. The number of hydrogen-bond acceptors (Lipinski definition) is 2. The fraction of sp³-hybridized carbons (Fsp3) is 0.429. The zero-order valence-corrected chi connectivity index (χ0v) is 11.3. The van der Waals surface area contributed by atoms with Crippen molar-refractivity contribution in [2.24, 2.45) is 5.41 Å². The highest BCUT2D eigenvalue weighted by Crippen LogP contribution is 2.32. The maximum atomic E-state index is 13.6. The van der Waals surface area contributed by atoms with Gasteiger partial charge in [0.2, 0.25) is 0 Å². The number of carboxylic acid groups (broad SMARTS) is 1. The van der Waals surface area contributed by atoms with Crippen LogP contribution in [0.2, 0.25) is 0 Å². The molecule has 2 rings (SSSR count). The zero-order valence-electron chi connectivity index (χ0n) is 11.3. The third-order valence-electron chi connectivity index (χ3n) is 3.94. The molecule has 7 heteroatoms. The number of likely N-dealkylation sites (tertiary alicyclic amines) is 1. The van der Waals surface area contributed by atoms with Crippen molar-refractivity contribution in [1.82, 2.24) is 4.90 Å². The highest BCUT2D eigenvalue weighted by molar-refractivity contribution is 5.94. The van der Waals surface area contributed by atoms with Crippen molar-refractivity contribution in [3.63, 3.8) is 0 Å². The molecule has 1 fully saturated rings. The Balaban J connectivity index is 2.17. The molecular weight excluding hydrogens is 287 g/mol. The fourth-order valence-corrected chi connectivity index (χ4v) is 2.28. The molecule has 21 heavy (non-hydrogen) atoms. The number of carboxylic acids is 1. The van der Waals surface area contributed by atoms with Gasteiger partial charge in [0.15, 0.2) is 17.5 Å². The quantitative estimate of drug-likeness (QED) is 0.854. The molecule has 0 spiro atoms. The molecule has 0 saturated carbocycles. The van der Waals surface area contributed by atoms with E-state index in [9.17, 15) is 22.8 Å². The zero-order chi connectivity index (χ0) is 15.8. The summed E-state index contributed by atoms with van der Waals surface area (Å²) >= 11 is 0. The second-order valence-electron chi connectivity index (χ2n) is 5.38. The third-order valence-corrected chi connectivity index (χ3v) is 3.94. The molecule has 0 unspecified atom stereocenters. The number of aliphatic carboxylic acids is 1. The van der Waals surface area contributed by atoms with Gasteiger partial charge >= 0.3 is 5.97 Å². The molecule has 1 saturated heterocycles. The smallest absolute Gasteiger partial charge is 0.309 e. The highest BCUT2D eigenvalue weighted by atomic mass is 19.2. The number of rotatable bonds is 2. The minimum atomic E-state index is -1.69. The van der Waals surface area contributed by atoms with Crippen molar-refractivity contribution in [2.45, 2.75) is 19.8 Å². The number of benzene rings is 1. The molecule has 0 aliphatic carbocycles. The summed E-state index contributed by atoms with van der Waals surface area (Å²) in [5.41, 5.74) is -1.48. The van der Waals surface area contributed by atoms with Gasteiger partial charge in [-0.2, -0.15) is 0 Å². The first kappa shape index (κ1) is 15.3. The van der Waals surface area contributed by atoms with Crippen LogP contribution in [0.25, 0.3) is 0 Å². The monoisotopic (exact) mass is 301 g/mol. The second kappa shape index (κ2) is 5.38. The van der Waals surface area contributed by atoms with Gasteiger partial charge in [0, 0.05) is 13.1 Å². The Morgan fingerprint density at radius 1 is 1.14 bits per heavy atom. The van der Waals surface area contributed by atoms with Crippen molar-refractivity contribution in [2.75, 3.05) is 13.1 Å². The summed E-state index contributed by atoms with van der Waals surface area (Å²) in [7, 11) is 0. The van der Waals surface area contributed by atoms with Crippen LogP contribution in [0.3, 0.4) is 0 Å². The van der Waals surface area contributed by atoms with Gasteiger partial charge in [0.05, 0.1) is 11.0 Å². The number of hydrogen-bond donors (Lipinski definition) is 1. The van der Waals surface area contributed by atoms with E-state index < -0.39 is 40.3 Å². The predicted molar refractivity (Wildman–Crippen MR) is 67.2 cm³/mol. The van der Waals surface area contributed by atoms with Gasteiger partial charge in [-0.3, -0.25) is 9.59 Å². The highest BCUT2D eigenvalue weighted by Gasteiger charge is 2.38. The Kier molecular flexibility index (Phi) is 3.93. The minimum absolute atomic E-state index is 0.125. The van der Waals surface area contributed by atoms with E-state index in [2.05, 4.69) is 0 Å². The van der Waals surface area contributed by atoms with Gasteiger partial charge in [-0.1, -0.05) is 0 Å². The lowest BCUT2D eigenvalue weighted by Gasteiger charge is -2.36. The van der Waals surface area contributed by atoms with E-state index in [1.165, 1.54) is 4.90 Å². The molecular formula is C14H14F3NO3. The Bertz CT molecular complexity index is 595. The summed E-state index contributed by atoms with van der Waals surface area (Å²) in [6.07, 6.45) is 0.443. The lowest BCUT2D eigenvalue weighted by atomic mass is 9.80. The number of carbonyl (C=O) groups excluding carboxylic acids is 1. The molecule has 1 aliphatic rings. The largest absolute Gasteiger partial charge is 0.481 e. The fourth-order valence-electron chi connectivity index (χ4n) is 2.28. The van der Waals surface area contributed by atoms with E-state index in [0.717, 1.165) is 6.07 Å². The predicted octanol–water partition coefficient (Wildman–Crippen LogP) is 2.43. The maximum Gasteiger partial charge on any atom is 0.309 e.